The Morgan fingerprint density at radius 1 is 1.11 bits per heavy atom. The molecule has 27 heavy (non-hydrogen) atoms. The van der Waals surface area contributed by atoms with Gasteiger partial charge in [-0.15, -0.1) is 0 Å². The first-order chi connectivity index (χ1) is 12.9. The normalized spacial score (nSPS) is 11.8. The lowest BCUT2D eigenvalue weighted by molar-refractivity contribution is -0.123. The number of hydrogen-bond acceptors (Lipinski definition) is 5. The van der Waals surface area contributed by atoms with E-state index < -0.39 is 18.0 Å². The van der Waals surface area contributed by atoms with Crippen molar-refractivity contribution >= 4 is 28.3 Å². The number of fused-ring (bicyclic) bond motifs is 1. The van der Waals surface area contributed by atoms with Gasteiger partial charge in [-0.05, 0) is 37.6 Å². The van der Waals surface area contributed by atoms with Crippen molar-refractivity contribution in [2.45, 2.75) is 20.0 Å². The summed E-state index contributed by atoms with van der Waals surface area (Å²) in [6.45, 7) is 3.39. The average Bonchev–Trinajstić information content (AvgIpc) is 2.64. The Balaban J connectivity index is 1.81. The van der Waals surface area contributed by atoms with E-state index in [0.29, 0.717) is 16.5 Å². The second-order valence-electron chi connectivity index (χ2n) is 6.23. The van der Waals surface area contributed by atoms with Gasteiger partial charge in [-0.2, -0.15) is 5.10 Å². The van der Waals surface area contributed by atoms with Crippen molar-refractivity contribution in [1.29, 1.82) is 0 Å². The van der Waals surface area contributed by atoms with Crippen molar-refractivity contribution in [3.8, 4) is 0 Å². The van der Waals surface area contributed by atoms with Gasteiger partial charge in [0.2, 0.25) is 0 Å². The van der Waals surface area contributed by atoms with Crippen molar-refractivity contribution < 1.29 is 14.3 Å². The van der Waals surface area contributed by atoms with Gasteiger partial charge < -0.3 is 10.1 Å². The van der Waals surface area contributed by atoms with Crippen LogP contribution in [-0.2, 0) is 16.6 Å². The molecule has 1 heterocycles. The summed E-state index contributed by atoms with van der Waals surface area (Å²) < 4.78 is 6.35. The number of anilines is 1. The number of esters is 1. The Kier molecular flexibility index (Phi) is 5.03. The molecule has 0 unspecified atom stereocenters. The lowest BCUT2D eigenvalue weighted by Crippen LogP contribution is -2.31. The number of nitrogens with zero attached hydrogens (tertiary/aromatic N) is 2. The topological polar surface area (TPSA) is 90.3 Å². The standard InChI is InChI=1S/C20H19N3O4/c1-12-7-6-8-14(11-12)21-18(24)13(2)27-20(26)17-15-9-4-5-10-16(15)19(25)23(3)22-17/h4-11,13H,1-3H3,(H,21,24)/t13-/m1/s1. The van der Waals surface area contributed by atoms with Crippen LogP contribution in [0.4, 0.5) is 5.69 Å². The predicted molar refractivity (Wildman–Crippen MR) is 102 cm³/mol. The highest BCUT2D eigenvalue weighted by molar-refractivity contribution is 6.03. The van der Waals surface area contributed by atoms with Crippen LogP contribution in [0.25, 0.3) is 10.8 Å². The Bertz CT molecular complexity index is 1090. The van der Waals surface area contributed by atoms with Gasteiger partial charge in [0.25, 0.3) is 11.5 Å². The smallest absolute Gasteiger partial charge is 0.360 e. The molecule has 0 aliphatic heterocycles. The third-order valence-electron chi connectivity index (χ3n) is 4.09. The molecule has 1 aromatic heterocycles. The molecule has 0 aliphatic rings. The largest absolute Gasteiger partial charge is 0.448 e. The summed E-state index contributed by atoms with van der Waals surface area (Å²) in [5, 5.41) is 7.46. The van der Waals surface area contributed by atoms with Gasteiger partial charge in [0.05, 0.1) is 5.39 Å². The van der Waals surface area contributed by atoms with Gasteiger partial charge >= 0.3 is 5.97 Å². The number of aryl methyl sites for hydroxylation is 2. The fourth-order valence-electron chi connectivity index (χ4n) is 2.69. The zero-order chi connectivity index (χ0) is 19.6. The van der Waals surface area contributed by atoms with Gasteiger partial charge in [-0.25, -0.2) is 9.48 Å². The molecule has 0 aliphatic carbocycles. The first-order valence-corrected chi connectivity index (χ1v) is 8.41. The maximum absolute atomic E-state index is 12.6. The lowest BCUT2D eigenvalue weighted by Gasteiger charge is -2.14. The minimum Gasteiger partial charge on any atom is -0.448 e. The van der Waals surface area contributed by atoms with Crippen molar-refractivity contribution in [3.05, 3.63) is 70.1 Å². The van der Waals surface area contributed by atoms with Crippen LogP contribution in [-0.4, -0.2) is 27.8 Å². The quantitative estimate of drug-likeness (QED) is 0.717. The Hall–Kier alpha value is -3.48. The molecule has 2 aromatic carbocycles. The SMILES string of the molecule is Cc1cccc(NC(=O)[C@@H](C)OC(=O)c2nn(C)c(=O)c3ccccc23)c1. The first-order valence-electron chi connectivity index (χ1n) is 8.41. The highest BCUT2D eigenvalue weighted by atomic mass is 16.5. The summed E-state index contributed by atoms with van der Waals surface area (Å²) in [5.74, 6) is -1.23. The number of carbonyl (C=O) groups excluding carboxylic acids is 2. The number of hydrogen-bond donors (Lipinski definition) is 1. The van der Waals surface area contributed by atoms with Crippen LogP contribution < -0.4 is 10.9 Å². The minimum atomic E-state index is -1.03. The van der Waals surface area contributed by atoms with Crippen molar-refractivity contribution in [2.24, 2.45) is 7.05 Å². The third-order valence-corrected chi connectivity index (χ3v) is 4.09. The summed E-state index contributed by atoms with van der Waals surface area (Å²) in [6.07, 6.45) is -1.03. The lowest BCUT2D eigenvalue weighted by atomic mass is 10.1. The number of nitrogens with one attached hydrogen (secondary N) is 1. The van der Waals surface area contributed by atoms with E-state index >= 15 is 0 Å². The van der Waals surface area contributed by atoms with Crippen molar-refractivity contribution in [1.82, 2.24) is 9.78 Å². The summed E-state index contributed by atoms with van der Waals surface area (Å²) in [4.78, 5) is 37.0. The molecule has 1 atom stereocenters. The Morgan fingerprint density at radius 3 is 2.52 bits per heavy atom. The van der Waals surface area contributed by atoms with Crippen LogP contribution in [0.3, 0.4) is 0 Å². The maximum Gasteiger partial charge on any atom is 0.360 e. The van der Waals surface area contributed by atoms with E-state index in [4.69, 9.17) is 4.74 Å². The van der Waals surface area contributed by atoms with E-state index in [2.05, 4.69) is 10.4 Å². The maximum atomic E-state index is 12.6. The molecule has 0 saturated heterocycles. The molecule has 0 radical (unpaired) electrons. The van der Waals surface area contributed by atoms with Crippen LogP contribution in [0.5, 0.6) is 0 Å². The molecular formula is C20H19N3O4. The molecular weight excluding hydrogens is 346 g/mol. The molecule has 138 valence electrons. The predicted octanol–water partition coefficient (Wildman–Crippen LogP) is 2.43. The highest BCUT2D eigenvalue weighted by Gasteiger charge is 2.23. The van der Waals surface area contributed by atoms with E-state index in [0.717, 1.165) is 10.2 Å². The van der Waals surface area contributed by atoms with Crippen LogP contribution >= 0.6 is 0 Å². The van der Waals surface area contributed by atoms with Crippen LogP contribution in [0.2, 0.25) is 0 Å². The summed E-state index contributed by atoms with van der Waals surface area (Å²) in [6, 6.07) is 13.9. The van der Waals surface area contributed by atoms with E-state index in [1.54, 1.807) is 30.3 Å². The third kappa shape index (κ3) is 3.87. The summed E-state index contributed by atoms with van der Waals surface area (Å²) >= 11 is 0. The van der Waals surface area contributed by atoms with Crippen LogP contribution in [0, 0.1) is 6.92 Å². The first kappa shape index (κ1) is 18.3. The van der Waals surface area contributed by atoms with Gasteiger partial charge in [-0.3, -0.25) is 9.59 Å². The monoisotopic (exact) mass is 365 g/mol. The highest BCUT2D eigenvalue weighted by Crippen LogP contribution is 2.15. The molecule has 3 aromatic rings. The second-order valence-corrected chi connectivity index (χ2v) is 6.23. The van der Waals surface area contributed by atoms with Gasteiger partial charge in [0, 0.05) is 18.1 Å². The molecule has 0 bridgehead atoms. The number of amides is 1. The van der Waals surface area contributed by atoms with E-state index in [-0.39, 0.29) is 11.3 Å². The number of ether oxygens (including phenoxy) is 1. The van der Waals surface area contributed by atoms with Gasteiger partial charge in [-0.1, -0.05) is 30.3 Å². The zero-order valence-electron chi connectivity index (χ0n) is 15.2. The Morgan fingerprint density at radius 2 is 1.81 bits per heavy atom. The Labute approximate surface area is 155 Å². The summed E-state index contributed by atoms with van der Waals surface area (Å²) in [5.41, 5.74) is 1.29. The van der Waals surface area contributed by atoms with Crippen molar-refractivity contribution in [2.75, 3.05) is 5.32 Å². The molecule has 1 amide bonds. The molecule has 7 nitrogen and oxygen atoms in total. The minimum absolute atomic E-state index is 0.0112. The average molecular weight is 365 g/mol. The molecule has 0 saturated carbocycles. The molecule has 0 spiro atoms. The molecule has 1 N–H and O–H groups in total. The number of aromatic nitrogens is 2. The fraction of sp³-hybridized carbons (Fsp3) is 0.200. The number of carbonyl (C=O) groups is 2. The molecule has 0 fully saturated rings. The van der Waals surface area contributed by atoms with Crippen molar-refractivity contribution in [3.63, 3.8) is 0 Å². The van der Waals surface area contributed by atoms with Gasteiger partial charge in [0.1, 0.15) is 0 Å². The van der Waals surface area contributed by atoms with Crippen LogP contribution in [0.1, 0.15) is 23.0 Å². The van der Waals surface area contributed by atoms with Gasteiger partial charge in [0.15, 0.2) is 11.8 Å². The molecule has 7 heteroatoms. The van der Waals surface area contributed by atoms with E-state index in [1.807, 2.05) is 25.1 Å². The summed E-state index contributed by atoms with van der Waals surface area (Å²) in [7, 11) is 1.46. The zero-order valence-corrected chi connectivity index (χ0v) is 15.2. The molecule has 3 rings (SSSR count). The fourth-order valence-corrected chi connectivity index (χ4v) is 2.69. The van der Waals surface area contributed by atoms with E-state index in [9.17, 15) is 14.4 Å². The number of rotatable bonds is 4. The van der Waals surface area contributed by atoms with Crippen LogP contribution in [0.15, 0.2) is 53.3 Å². The number of benzene rings is 2. The van der Waals surface area contributed by atoms with E-state index in [1.165, 1.54) is 14.0 Å². The second kappa shape index (κ2) is 7.41.